The molecule has 0 spiro atoms. The molecule has 2 rings (SSSR count). The zero-order chi connectivity index (χ0) is 13.9. The summed E-state index contributed by atoms with van der Waals surface area (Å²) in [6, 6.07) is 0. The Kier molecular flexibility index (Phi) is 3.98. The monoisotopic (exact) mass is 284 g/mol. The van der Waals surface area contributed by atoms with E-state index < -0.39 is 10.0 Å². The van der Waals surface area contributed by atoms with E-state index in [1.165, 1.54) is 6.33 Å². The molecule has 0 amide bonds. The molecule has 2 aromatic rings. The van der Waals surface area contributed by atoms with E-state index in [1.807, 2.05) is 0 Å². The molecule has 0 saturated heterocycles. The van der Waals surface area contributed by atoms with Crippen LogP contribution in [0.25, 0.3) is 0 Å². The van der Waals surface area contributed by atoms with Crippen molar-refractivity contribution in [3.05, 3.63) is 29.5 Å². The molecule has 8 nitrogen and oxygen atoms in total. The molecule has 0 atom stereocenters. The van der Waals surface area contributed by atoms with Gasteiger partial charge < -0.3 is 10.3 Å². The molecule has 0 saturated carbocycles. The van der Waals surface area contributed by atoms with Gasteiger partial charge in [-0.05, 0) is 14.0 Å². The van der Waals surface area contributed by atoms with Gasteiger partial charge in [0.05, 0.1) is 12.9 Å². The lowest BCUT2D eigenvalue weighted by atomic mass is 10.3. The smallest absolute Gasteiger partial charge is 0.260 e. The highest BCUT2D eigenvalue weighted by Gasteiger charge is 2.23. The maximum absolute atomic E-state index is 12.2. The number of rotatable bonds is 6. The highest BCUT2D eigenvalue weighted by molar-refractivity contribution is 7.89. The van der Waals surface area contributed by atoms with Crippen molar-refractivity contribution in [2.24, 2.45) is 0 Å². The Bertz CT molecular complexity index is 631. The average molecular weight is 284 g/mol. The van der Waals surface area contributed by atoms with Crippen LogP contribution in [0.5, 0.6) is 0 Å². The Balaban J connectivity index is 2.19. The van der Waals surface area contributed by atoms with E-state index in [9.17, 15) is 8.42 Å². The Morgan fingerprint density at radius 3 is 2.79 bits per heavy atom. The number of hydrogen-bond donors (Lipinski definition) is 4. The number of imidazole rings is 1. The summed E-state index contributed by atoms with van der Waals surface area (Å²) in [6.07, 6.45) is 3.06. The molecule has 104 valence electrons. The maximum Gasteiger partial charge on any atom is 0.260 e. The SMILES string of the molecule is CNCc1c(S(=O)(=O)NCc2cnc[nH]2)n[nH]c1C. The molecule has 0 bridgehead atoms. The average Bonchev–Trinajstić information content (AvgIpc) is 2.99. The summed E-state index contributed by atoms with van der Waals surface area (Å²) < 4.78 is 26.8. The lowest BCUT2D eigenvalue weighted by Crippen LogP contribution is -2.25. The summed E-state index contributed by atoms with van der Waals surface area (Å²) in [5, 5.41) is 9.51. The third kappa shape index (κ3) is 3.00. The summed E-state index contributed by atoms with van der Waals surface area (Å²) >= 11 is 0. The molecule has 0 aliphatic rings. The van der Waals surface area contributed by atoms with Gasteiger partial charge in [-0.3, -0.25) is 5.10 Å². The van der Waals surface area contributed by atoms with Crippen molar-refractivity contribution in [2.75, 3.05) is 7.05 Å². The second-order valence-electron chi connectivity index (χ2n) is 4.06. The number of aromatic amines is 2. The zero-order valence-corrected chi connectivity index (χ0v) is 11.5. The first-order chi connectivity index (χ1) is 9.04. The van der Waals surface area contributed by atoms with Gasteiger partial charge in [-0.15, -0.1) is 0 Å². The van der Waals surface area contributed by atoms with Crippen LogP contribution in [0.1, 0.15) is 17.0 Å². The minimum atomic E-state index is -3.65. The van der Waals surface area contributed by atoms with E-state index in [4.69, 9.17) is 0 Å². The fraction of sp³-hybridized carbons (Fsp3) is 0.400. The third-order valence-electron chi connectivity index (χ3n) is 2.65. The minimum absolute atomic E-state index is 0.0267. The summed E-state index contributed by atoms with van der Waals surface area (Å²) in [7, 11) is -1.90. The van der Waals surface area contributed by atoms with Crippen molar-refractivity contribution in [1.82, 2.24) is 30.2 Å². The van der Waals surface area contributed by atoms with E-state index in [0.29, 0.717) is 17.8 Å². The fourth-order valence-corrected chi connectivity index (χ4v) is 2.86. The minimum Gasteiger partial charge on any atom is -0.347 e. The number of hydrogen-bond acceptors (Lipinski definition) is 5. The molecule has 0 unspecified atom stereocenters. The van der Waals surface area contributed by atoms with Crippen molar-refractivity contribution >= 4 is 10.0 Å². The van der Waals surface area contributed by atoms with E-state index in [1.54, 1.807) is 20.2 Å². The van der Waals surface area contributed by atoms with E-state index >= 15 is 0 Å². The first-order valence-corrected chi connectivity index (χ1v) is 7.18. The lowest BCUT2D eigenvalue weighted by Gasteiger charge is -2.06. The predicted octanol–water partition coefficient (Wildman–Crippen LogP) is -0.361. The Labute approximate surface area is 111 Å². The topological polar surface area (TPSA) is 116 Å². The second-order valence-corrected chi connectivity index (χ2v) is 5.75. The van der Waals surface area contributed by atoms with Crippen LogP contribution in [0.4, 0.5) is 0 Å². The summed E-state index contributed by atoms with van der Waals surface area (Å²) in [4.78, 5) is 6.65. The van der Waals surface area contributed by atoms with Gasteiger partial charge in [-0.2, -0.15) is 5.10 Å². The van der Waals surface area contributed by atoms with Gasteiger partial charge in [-0.1, -0.05) is 0 Å². The highest BCUT2D eigenvalue weighted by atomic mass is 32.2. The number of sulfonamides is 1. The number of nitrogens with one attached hydrogen (secondary N) is 4. The predicted molar refractivity (Wildman–Crippen MR) is 68.7 cm³/mol. The Morgan fingerprint density at radius 2 is 2.16 bits per heavy atom. The largest absolute Gasteiger partial charge is 0.347 e. The van der Waals surface area contributed by atoms with Crippen LogP contribution in [0.3, 0.4) is 0 Å². The van der Waals surface area contributed by atoms with Crippen LogP contribution in [-0.4, -0.2) is 35.6 Å². The first kappa shape index (κ1) is 13.7. The van der Waals surface area contributed by atoms with Crippen LogP contribution in [0, 0.1) is 6.92 Å². The molecule has 0 aliphatic heterocycles. The van der Waals surface area contributed by atoms with Gasteiger partial charge in [0, 0.05) is 29.7 Å². The maximum atomic E-state index is 12.2. The molecule has 0 fully saturated rings. The van der Waals surface area contributed by atoms with Crippen LogP contribution in [0.2, 0.25) is 0 Å². The molecule has 9 heteroatoms. The van der Waals surface area contributed by atoms with Gasteiger partial charge >= 0.3 is 0 Å². The molecule has 2 aromatic heterocycles. The fourth-order valence-electron chi connectivity index (χ4n) is 1.66. The second kappa shape index (κ2) is 5.51. The zero-order valence-electron chi connectivity index (χ0n) is 10.7. The van der Waals surface area contributed by atoms with Crippen LogP contribution >= 0.6 is 0 Å². The van der Waals surface area contributed by atoms with Crippen LogP contribution in [-0.2, 0) is 23.1 Å². The van der Waals surface area contributed by atoms with Crippen molar-refractivity contribution in [3.8, 4) is 0 Å². The van der Waals surface area contributed by atoms with E-state index in [0.717, 1.165) is 5.69 Å². The number of H-pyrrole nitrogens is 2. The molecule has 19 heavy (non-hydrogen) atoms. The molecule has 0 aliphatic carbocycles. The van der Waals surface area contributed by atoms with Gasteiger partial charge in [0.1, 0.15) is 0 Å². The number of aromatic nitrogens is 4. The van der Waals surface area contributed by atoms with E-state index in [-0.39, 0.29) is 11.6 Å². The number of aryl methyl sites for hydroxylation is 1. The van der Waals surface area contributed by atoms with Gasteiger partial charge in [-0.25, -0.2) is 18.1 Å². The van der Waals surface area contributed by atoms with Crippen LogP contribution in [0.15, 0.2) is 17.6 Å². The Morgan fingerprint density at radius 1 is 1.37 bits per heavy atom. The van der Waals surface area contributed by atoms with Gasteiger partial charge in [0.15, 0.2) is 5.03 Å². The highest BCUT2D eigenvalue weighted by Crippen LogP contribution is 2.15. The van der Waals surface area contributed by atoms with E-state index in [2.05, 4.69) is 30.2 Å². The molecular formula is C10H16N6O2S. The normalized spacial score (nSPS) is 11.9. The van der Waals surface area contributed by atoms with Gasteiger partial charge in [0.25, 0.3) is 10.0 Å². The molecular weight excluding hydrogens is 268 g/mol. The van der Waals surface area contributed by atoms with Crippen LogP contribution < -0.4 is 10.0 Å². The van der Waals surface area contributed by atoms with Crippen molar-refractivity contribution < 1.29 is 8.42 Å². The standard InChI is InChI=1S/C10H16N6O2S/c1-7-9(5-11-2)10(16-15-7)19(17,18)14-4-8-3-12-6-13-8/h3,6,11,14H,4-5H2,1-2H3,(H,12,13)(H,15,16). The molecule has 4 N–H and O–H groups in total. The van der Waals surface area contributed by atoms with Crippen molar-refractivity contribution in [2.45, 2.75) is 25.0 Å². The van der Waals surface area contributed by atoms with Gasteiger partial charge in [0.2, 0.25) is 0 Å². The lowest BCUT2D eigenvalue weighted by molar-refractivity contribution is 0.574. The third-order valence-corrected chi connectivity index (χ3v) is 4.02. The summed E-state index contributed by atoms with van der Waals surface area (Å²) in [5.41, 5.74) is 2.06. The first-order valence-electron chi connectivity index (χ1n) is 5.70. The molecule has 0 radical (unpaired) electrons. The molecule has 2 heterocycles. The molecule has 0 aromatic carbocycles. The number of nitrogens with zero attached hydrogens (tertiary/aromatic N) is 2. The van der Waals surface area contributed by atoms with Crippen molar-refractivity contribution in [3.63, 3.8) is 0 Å². The van der Waals surface area contributed by atoms with Crippen molar-refractivity contribution in [1.29, 1.82) is 0 Å². The Hall–Kier alpha value is -1.71. The quantitative estimate of drug-likeness (QED) is 0.578. The summed E-state index contributed by atoms with van der Waals surface area (Å²) in [6.45, 7) is 2.36. The summed E-state index contributed by atoms with van der Waals surface area (Å²) in [5.74, 6) is 0.